The highest BCUT2D eigenvalue weighted by molar-refractivity contribution is 5.44. The maximum absolute atomic E-state index is 6.09. The summed E-state index contributed by atoms with van der Waals surface area (Å²) in [6, 6.07) is 12.8. The average Bonchev–Trinajstić information content (AvgIpc) is 2.61. The number of benzene rings is 2. The van der Waals surface area contributed by atoms with Crippen molar-refractivity contribution in [2.24, 2.45) is 5.73 Å². The highest BCUT2D eigenvalue weighted by Crippen LogP contribution is 2.31. The van der Waals surface area contributed by atoms with Crippen LogP contribution in [-0.2, 0) is 6.42 Å². The first kappa shape index (κ1) is 19.3. The molecular formula is C22H31NO2. The molecule has 0 aliphatic rings. The second-order valence-electron chi connectivity index (χ2n) is 6.68. The van der Waals surface area contributed by atoms with E-state index in [0.717, 1.165) is 37.4 Å². The third-order valence-electron chi connectivity index (χ3n) is 4.62. The third kappa shape index (κ3) is 5.23. The zero-order valence-electron chi connectivity index (χ0n) is 16.0. The molecule has 3 nitrogen and oxygen atoms in total. The molecule has 136 valence electrons. The van der Waals surface area contributed by atoms with Gasteiger partial charge >= 0.3 is 0 Å². The van der Waals surface area contributed by atoms with Gasteiger partial charge in [-0.25, -0.2) is 0 Å². The van der Waals surface area contributed by atoms with Crippen LogP contribution in [0.5, 0.6) is 11.5 Å². The summed E-state index contributed by atoms with van der Waals surface area (Å²) >= 11 is 0. The van der Waals surface area contributed by atoms with Crippen molar-refractivity contribution < 1.29 is 9.47 Å². The summed E-state index contributed by atoms with van der Waals surface area (Å²) in [6.07, 6.45) is 3.06. The molecule has 0 fully saturated rings. The Kier molecular flexibility index (Phi) is 7.32. The molecule has 0 aliphatic carbocycles. The normalized spacial score (nSPS) is 12.0. The predicted molar refractivity (Wildman–Crippen MR) is 105 cm³/mol. The van der Waals surface area contributed by atoms with E-state index in [2.05, 4.69) is 51.1 Å². The van der Waals surface area contributed by atoms with Crippen molar-refractivity contribution in [3.05, 3.63) is 58.7 Å². The number of ether oxygens (including phenoxy) is 2. The predicted octanol–water partition coefficient (Wildman–Crippen LogP) is 4.78. The van der Waals surface area contributed by atoms with E-state index in [0.29, 0.717) is 12.5 Å². The van der Waals surface area contributed by atoms with Gasteiger partial charge in [0.15, 0.2) is 11.5 Å². The Morgan fingerprint density at radius 1 is 1.04 bits per heavy atom. The summed E-state index contributed by atoms with van der Waals surface area (Å²) in [7, 11) is 1.69. The molecule has 0 amide bonds. The van der Waals surface area contributed by atoms with Crippen molar-refractivity contribution >= 4 is 0 Å². The third-order valence-corrected chi connectivity index (χ3v) is 4.62. The van der Waals surface area contributed by atoms with Gasteiger partial charge in [0.2, 0.25) is 0 Å². The van der Waals surface area contributed by atoms with Gasteiger partial charge in [0, 0.05) is 5.92 Å². The van der Waals surface area contributed by atoms with E-state index >= 15 is 0 Å². The summed E-state index contributed by atoms with van der Waals surface area (Å²) in [5, 5.41) is 0. The first-order chi connectivity index (χ1) is 12.1. The molecule has 0 aliphatic heterocycles. The second kappa shape index (κ2) is 9.47. The van der Waals surface area contributed by atoms with Gasteiger partial charge in [-0.15, -0.1) is 0 Å². The van der Waals surface area contributed by atoms with E-state index in [1.165, 1.54) is 22.3 Å². The Balaban J connectivity index is 2.17. The lowest BCUT2D eigenvalue weighted by Gasteiger charge is -2.19. The van der Waals surface area contributed by atoms with E-state index in [4.69, 9.17) is 15.2 Å². The van der Waals surface area contributed by atoms with Crippen molar-refractivity contribution in [3.63, 3.8) is 0 Å². The quantitative estimate of drug-likeness (QED) is 0.668. The Bertz CT molecular complexity index is 682. The van der Waals surface area contributed by atoms with Crippen LogP contribution in [0.1, 0.15) is 47.9 Å². The number of methoxy groups -OCH3 is 1. The second-order valence-corrected chi connectivity index (χ2v) is 6.68. The first-order valence-corrected chi connectivity index (χ1v) is 9.16. The van der Waals surface area contributed by atoms with E-state index < -0.39 is 0 Å². The van der Waals surface area contributed by atoms with Crippen molar-refractivity contribution in [1.82, 2.24) is 0 Å². The van der Waals surface area contributed by atoms with Gasteiger partial charge in [-0.3, -0.25) is 0 Å². The summed E-state index contributed by atoms with van der Waals surface area (Å²) in [5.41, 5.74) is 11.2. The lowest BCUT2D eigenvalue weighted by molar-refractivity contribution is 0.288. The van der Waals surface area contributed by atoms with Gasteiger partial charge in [0.1, 0.15) is 0 Å². The molecule has 2 aromatic rings. The number of unbranched alkanes of at least 4 members (excludes halogenated alkanes) is 1. The molecule has 1 atom stereocenters. The first-order valence-electron chi connectivity index (χ1n) is 9.16. The van der Waals surface area contributed by atoms with Crippen LogP contribution in [0.2, 0.25) is 0 Å². The van der Waals surface area contributed by atoms with Crippen LogP contribution in [0, 0.1) is 13.8 Å². The zero-order chi connectivity index (χ0) is 18.2. The summed E-state index contributed by atoms with van der Waals surface area (Å²) < 4.78 is 11.3. The molecule has 3 heteroatoms. The lowest BCUT2D eigenvalue weighted by Crippen LogP contribution is -2.16. The number of hydrogen-bond donors (Lipinski definition) is 1. The molecule has 0 saturated carbocycles. The van der Waals surface area contributed by atoms with Crippen LogP contribution in [-0.4, -0.2) is 20.3 Å². The van der Waals surface area contributed by atoms with Crippen LogP contribution in [0.3, 0.4) is 0 Å². The molecule has 0 saturated heterocycles. The minimum absolute atomic E-state index is 0.303. The fourth-order valence-corrected chi connectivity index (χ4v) is 3.17. The molecule has 0 bridgehead atoms. The molecule has 2 N–H and O–H groups in total. The van der Waals surface area contributed by atoms with E-state index in [-0.39, 0.29) is 0 Å². The number of rotatable bonds is 9. The lowest BCUT2D eigenvalue weighted by atomic mass is 9.88. The minimum atomic E-state index is 0.303. The molecule has 1 unspecified atom stereocenters. The van der Waals surface area contributed by atoms with Crippen LogP contribution in [0.4, 0.5) is 0 Å². The van der Waals surface area contributed by atoms with Gasteiger partial charge in [-0.1, -0.05) is 43.2 Å². The molecule has 0 aromatic heterocycles. The molecule has 0 radical (unpaired) electrons. The van der Waals surface area contributed by atoms with Crippen LogP contribution < -0.4 is 15.2 Å². The summed E-state index contributed by atoms with van der Waals surface area (Å²) in [6.45, 7) is 7.79. The van der Waals surface area contributed by atoms with Crippen LogP contribution in [0.15, 0.2) is 36.4 Å². The summed E-state index contributed by atoms with van der Waals surface area (Å²) in [5.74, 6) is 1.91. The van der Waals surface area contributed by atoms with Gasteiger partial charge in [0.25, 0.3) is 0 Å². The van der Waals surface area contributed by atoms with Crippen LogP contribution in [0.25, 0.3) is 0 Å². The van der Waals surface area contributed by atoms with E-state index in [9.17, 15) is 0 Å². The van der Waals surface area contributed by atoms with Crippen molar-refractivity contribution in [1.29, 1.82) is 0 Å². The van der Waals surface area contributed by atoms with Crippen molar-refractivity contribution in [3.8, 4) is 11.5 Å². The highest BCUT2D eigenvalue weighted by Gasteiger charge is 2.15. The number of nitrogens with two attached hydrogens (primary N) is 1. The highest BCUT2D eigenvalue weighted by atomic mass is 16.5. The zero-order valence-corrected chi connectivity index (χ0v) is 16.0. The number of aryl methyl sites for hydroxylation is 2. The topological polar surface area (TPSA) is 44.5 Å². The maximum Gasteiger partial charge on any atom is 0.161 e. The monoisotopic (exact) mass is 341 g/mol. The van der Waals surface area contributed by atoms with Gasteiger partial charge in [-0.2, -0.15) is 0 Å². The van der Waals surface area contributed by atoms with Gasteiger partial charge in [-0.05, 0) is 62.1 Å². The standard InChI is InChI=1S/C22H31NO2/c1-5-6-11-25-21-10-8-18(14-22(21)24-4)13-19(15-23)20-9-7-16(2)12-17(20)3/h7-10,12,14,19H,5-6,11,13,15,23H2,1-4H3. The van der Waals surface area contributed by atoms with Crippen LogP contribution >= 0.6 is 0 Å². The fraction of sp³-hybridized carbons (Fsp3) is 0.455. The molecular weight excluding hydrogens is 310 g/mol. The van der Waals surface area contributed by atoms with Gasteiger partial charge in [0.05, 0.1) is 13.7 Å². The van der Waals surface area contributed by atoms with Crippen molar-refractivity contribution in [2.75, 3.05) is 20.3 Å². The Hall–Kier alpha value is -2.00. The molecule has 0 spiro atoms. The largest absolute Gasteiger partial charge is 0.493 e. The fourth-order valence-electron chi connectivity index (χ4n) is 3.17. The number of hydrogen-bond acceptors (Lipinski definition) is 3. The molecule has 2 aromatic carbocycles. The van der Waals surface area contributed by atoms with E-state index in [1.807, 2.05) is 6.07 Å². The Morgan fingerprint density at radius 2 is 1.84 bits per heavy atom. The Morgan fingerprint density at radius 3 is 2.48 bits per heavy atom. The summed E-state index contributed by atoms with van der Waals surface area (Å²) in [4.78, 5) is 0. The SMILES string of the molecule is CCCCOc1ccc(CC(CN)c2ccc(C)cc2C)cc1OC. The maximum atomic E-state index is 6.09. The molecule has 25 heavy (non-hydrogen) atoms. The smallest absolute Gasteiger partial charge is 0.161 e. The minimum Gasteiger partial charge on any atom is -0.493 e. The Labute approximate surface area is 152 Å². The average molecular weight is 341 g/mol. The van der Waals surface area contributed by atoms with Crippen molar-refractivity contribution in [2.45, 2.75) is 46.0 Å². The molecule has 2 rings (SSSR count). The van der Waals surface area contributed by atoms with E-state index in [1.54, 1.807) is 7.11 Å². The molecule has 0 heterocycles. The van der Waals surface area contributed by atoms with Gasteiger partial charge < -0.3 is 15.2 Å².